The van der Waals surface area contributed by atoms with Crippen LogP contribution in [0.25, 0.3) is 42.9 Å². The number of thiazole rings is 2. The molecule has 246 valence electrons. The summed E-state index contributed by atoms with van der Waals surface area (Å²) in [4.78, 5) is 51.9. The van der Waals surface area contributed by atoms with Crippen LogP contribution in [-0.4, -0.2) is 53.3 Å². The Morgan fingerprint density at radius 3 is 1.94 bits per heavy atom. The SMILES string of the molecule is CC(=O)Nc1nc2ccc(-c3ccnc(Cl)n3)cc2s1.CC(=O)Nc1nc2ccc(-c3ccnc(OCCCc4cccnc4)n3)cc2s1. The zero-order valence-corrected chi connectivity index (χ0v) is 28.6. The van der Waals surface area contributed by atoms with E-state index in [-0.39, 0.29) is 17.1 Å². The number of anilines is 2. The second-order valence-corrected chi connectivity index (χ2v) is 12.9. The molecule has 0 bridgehead atoms. The van der Waals surface area contributed by atoms with Crippen molar-refractivity contribution in [2.24, 2.45) is 0 Å². The number of carbonyl (C=O) groups excluding carboxylic acids is 2. The number of halogens is 1. The molecule has 0 aliphatic heterocycles. The first-order valence-corrected chi connectivity index (χ1v) is 17.0. The van der Waals surface area contributed by atoms with Gasteiger partial charge in [0.1, 0.15) is 0 Å². The largest absolute Gasteiger partial charge is 0.463 e. The van der Waals surface area contributed by atoms with Gasteiger partial charge in [-0.2, -0.15) is 4.98 Å². The van der Waals surface area contributed by atoms with Gasteiger partial charge < -0.3 is 15.4 Å². The van der Waals surface area contributed by atoms with Crippen LogP contribution in [0.15, 0.2) is 85.5 Å². The van der Waals surface area contributed by atoms with Crippen molar-refractivity contribution in [2.45, 2.75) is 26.7 Å². The molecule has 5 heterocycles. The van der Waals surface area contributed by atoms with E-state index in [4.69, 9.17) is 16.3 Å². The van der Waals surface area contributed by atoms with E-state index in [9.17, 15) is 9.59 Å². The van der Waals surface area contributed by atoms with Crippen molar-refractivity contribution in [3.63, 3.8) is 0 Å². The van der Waals surface area contributed by atoms with E-state index in [1.165, 1.54) is 42.1 Å². The number of rotatable bonds is 9. The Bertz CT molecular complexity index is 2250. The van der Waals surface area contributed by atoms with Gasteiger partial charge in [-0.05, 0) is 72.5 Å². The van der Waals surface area contributed by atoms with Crippen LogP contribution < -0.4 is 15.4 Å². The van der Waals surface area contributed by atoms with E-state index in [0.29, 0.717) is 22.9 Å². The van der Waals surface area contributed by atoms with Crippen molar-refractivity contribution >= 4 is 76.8 Å². The maximum atomic E-state index is 11.2. The third-order valence-electron chi connectivity index (χ3n) is 6.76. The lowest BCUT2D eigenvalue weighted by molar-refractivity contribution is -0.115. The summed E-state index contributed by atoms with van der Waals surface area (Å²) in [6, 6.07) is 19.6. The summed E-state index contributed by atoms with van der Waals surface area (Å²) < 4.78 is 7.67. The minimum absolute atomic E-state index is 0.133. The fourth-order valence-electron chi connectivity index (χ4n) is 4.63. The normalized spacial score (nSPS) is 10.8. The number of hydrogen-bond acceptors (Lipinski definition) is 12. The molecule has 2 aromatic carbocycles. The fourth-order valence-corrected chi connectivity index (χ4v) is 6.68. The topological polar surface area (TPSA) is 158 Å². The lowest BCUT2D eigenvalue weighted by Crippen LogP contribution is -2.04. The van der Waals surface area contributed by atoms with Crippen LogP contribution in [0.2, 0.25) is 5.28 Å². The molecule has 0 saturated heterocycles. The summed E-state index contributed by atoms with van der Waals surface area (Å²) in [5.41, 5.74) is 6.26. The van der Waals surface area contributed by atoms with Crippen LogP contribution >= 0.6 is 34.3 Å². The molecular weight excluding hydrogens is 682 g/mol. The Balaban J connectivity index is 0.000000182. The third-order valence-corrected chi connectivity index (χ3v) is 8.81. The number of nitrogens with zero attached hydrogens (tertiary/aromatic N) is 7. The van der Waals surface area contributed by atoms with Crippen LogP contribution in [0, 0.1) is 0 Å². The Labute approximate surface area is 293 Å². The van der Waals surface area contributed by atoms with Gasteiger partial charge in [0.15, 0.2) is 10.3 Å². The quantitative estimate of drug-likeness (QED) is 0.114. The highest BCUT2D eigenvalue weighted by Gasteiger charge is 2.10. The smallest absolute Gasteiger partial charge is 0.316 e. The van der Waals surface area contributed by atoms with Crippen molar-refractivity contribution in [3.05, 3.63) is 96.3 Å². The number of ether oxygens (including phenoxy) is 1. The average molecular weight is 710 g/mol. The molecule has 5 aromatic heterocycles. The summed E-state index contributed by atoms with van der Waals surface area (Å²) in [6.45, 7) is 3.46. The monoisotopic (exact) mass is 709 g/mol. The first kappa shape index (κ1) is 33.5. The van der Waals surface area contributed by atoms with Gasteiger partial charge in [-0.1, -0.05) is 40.9 Å². The third kappa shape index (κ3) is 9.13. The van der Waals surface area contributed by atoms with Crippen LogP contribution in [-0.2, 0) is 16.0 Å². The van der Waals surface area contributed by atoms with Crippen molar-refractivity contribution < 1.29 is 14.3 Å². The maximum Gasteiger partial charge on any atom is 0.316 e. The summed E-state index contributed by atoms with van der Waals surface area (Å²) in [5.74, 6) is -0.266. The maximum absolute atomic E-state index is 11.2. The summed E-state index contributed by atoms with van der Waals surface area (Å²) in [5, 5.41) is 6.80. The van der Waals surface area contributed by atoms with E-state index >= 15 is 0 Å². The predicted octanol–water partition coefficient (Wildman–Crippen LogP) is 7.48. The highest BCUT2D eigenvalue weighted by molar-refractivity contribution is 7.22. The first-order valence-electron chi connectivity index (χ1n) is 15.0. The summed E-state index contributed by atoms with van der Waals surface area (Å²) in [6.07, 6.45) is 8.69. The average Bonchev–Trinajstić information content (AvgIpc) is 3.68. The van der Waals surface area contributed by atoms with Gasteiger partial charge in [0.2, 0.25) is 17.1 Å². The molecule has 2 N–H and O–H groups in total. The number of aromatic nitrogens is 7. The molecule has 0 fully saturated rings. The number of pyridine rings is 1. The molecule has 0 atom stereocenters. The van der Waals surface area contributed by atoms with E-state index in [0.717, 1.165) is 55.8 Å². The molecule has 15 heteroatoms. The van der Waals surface area contributed by atoms with Crippen LogP contribution in [0.3, 0.4) is 0 Å². The van der Waals surface area contributed by atoms with Crippen molar-refractivity contribution in [2.75, 3.05) is 17.2 Å². The molecule has 7 rings (SSSR count). The molecule has 0 aliphatic carbocycles. The minimum atomic E-state index is -0.134. The van der Waals surface area contributed by atoms with Gasteiger partial charge in [0, 0.05) is 49.8 Å². The predicted molar refractivity (Wildman–Crippen MR) is 193 cm³/mol. The van der Waals surface area contributed by atoms with E-state index in [2.05, 4.69) is 51.6 Å². The molecular formula is C34H28ClN9O3S2. The molecule has 0 aliphatic rings. The molecule has 7 aromatic rings. The van der Waals surface area contributed by atoms with E-state index in [1.54, 1.807) is 24.7 Å². The Morgan fingerprint density at radius 2 is 1.37 bits per heavy atom. The van der Waals surface area contributed by atoms with Crippen LogP contribution in [0.1, 0.15) is 25.8 Å². The molecule has 0 unspecified atom stereocenters. The van der Waals surface area contributed by atoms with Crippen molar-refractivity contribution in [3.8, 4) is 28.5 Å². The second-order valence-electron chi connectivity index (χ2n) is 10.5. The Hall–Kier alpha value is -5.44. The first-order chi connectivity index (χ1) is 23.8. The van der Waals surface area contributed by atoms with E-state index < -0.39 is 0 Å². The lowest BCUT2D eigenvalue weighted by atomic mass is 10.1. The minimum Gasteiger partial charge on any atom is -0.463 e. The van der Waals surface area contributed by atoms with Gasteiger partial charge in [0.05, 0.1) is 38.4 Å². The van der Waals surface area contributed by atoms with Crippen molar-refractivity contribution in [1.82, 2.24) is 34.9 Å². The molecule has 2 amide bonds. The number of aryl methyl sites for hydroxylation is 1. The number of hydrogen-bond donors (Lipinski definition) is 2. The molecule has 0 spiro atoms. The molecule has 0 radical (unpaired) electrons. The highest BCUT2D eigenvalue weighted by Crippen LogP contribution is 2.31. The standard InChI is InChI=1S/C21H19N5O2S.C13H9ClN4OS/c1-14(27)24-21-26-18-7-6-16(12-19(18)29-21)17-8-10-23-20(25-17)28-11-3-5-15-4-2-9-22-13-15;1-7(19)16-13-18-10-3-2-8(6-11(10)20-13)9-4-5-15-12(14)17-9/h2,4,6-10,12-13H,3,5,11H2,1H3,(H,24,26,27);2-6H,1H3,(H,16,18,19). The summed E-state index contributed by atoms with van der Waals surface area (Å²) in [7, 11) is 0. The van der Waals surface area contributed by atoms with Crippen LogP contribution in [0.4, 0.5) is 10.3 Å². The number of amides is 2. The number of benzene rings is 2. The summed E-state index contributed by atoms with van der Waals surface area (Å²) >= 11 is 8.64. The Kier molecular flexibility index (Phi) is 10.7. The molecule has 0 saturated carbocycles. The van der Waals surface area contributed by atoms with Gasteiger partial charge in [-0.3, -0.25) is 14.6 Å². The fraction of sp³-hybridized carbons (Fsp3) is 0.147. The zero-order valence-electron chi connectivity index (χ0n) is 26.3. The number of carbonyl (C=O) groups is 2. The molecule has 49 heavy (non-hydrogen) atoms. The highest BCUT2D eigenvalue weighted by atomic mass is 35.5. The number of nitrogens with one attached hydrogen (secondary N) is 2. The van der Waals surface area contributed by atoms with Gasteiger partial charge in [-0.25, -0.2) is 24.9 Å². The van der Waals surface area contributed by atoms with Gasteiger partial charge in [-0.15, -0.1) is 0 Å². The number of fused-ring (bicyclic) bond motifs is 2. The lowest BCUT2D eigenvalue weighted by Gasteiger charge is -2.06. The molecule has 12 nitrogen and oxygen atoms in total. The van der Waals surface area contributed by atoms with E-state index in [1.807, 2.05) is 54.7 Å². The van der Waals surface area contributed by atoms with Crippen molar-refractivity contribution in [1.29, 1.82) is 0 Å². The zero-order chi connectivity index (χ0) is 34.2. The second kappa shape index (κ2) is 15.6. The van der Waals surface area contributed by atoms with Gasteiger partial charge >= 0.3 is 6.01 Å². The van der Waals surface area contributed by atoms with Gasteiger partial charge in [0.25, 0.3) is 0 Å². The Morgan fingerprint density at radius 1 is 0.755 bits per heavy atom. The van der Waals surface area contributed by atoms with Crippen LogP contribution in [0.5, 0.6) is 6.01 Å².